The van der Waals surface area contributed by atoms with Gasteiger partial charge < -0.3 is 4.90 Å². The number of carbonyl (C=O) groups is 1. The molecule has 2 rings (SSSR count). The zero-order valence-electron chi connectivity index (χ0n) is 7.75. The number of likely N-dealkylation sites (tertiary alicyclic amines) is 1. The average Bonchev–Trinajstić information content (AvgIpc) is 2.04. The highest BCUT2D eigenvalue weighted by molar-refractivity contribution is 5.77. The van der Waals surface area contributed by atoms with Crippen LogP contribution in [0.1, 0.15) is 39.0 Å². The van der Waals surface area contributed by atoms with E-state index < -0.39 is 0 Å². The Bertz CT molecular complexity index is 190. The van der Waals surface area contributed by atoms with Gasteiger partial charge in [-0.1, -0.05) is 6.42 Å². The van der Waals surface area contributed by atoms with Crippen molar-refractivity contribution in [3.05, 3.63) is 0 Å². The van der Waals surface area contributed by atoms with Gasteiger partial charge in [0.15, 0.2) is 0 Å². The first-order chi connectivity index (χ1) is 5.81. The third kappa shape index (κ3) is 1.23. The van der Waals surface area contributed by atoms with Gasteiger partial charge in [0.1, 0.15) is 0 Å². The predicted octanol–water partition coefficient (Wildman–Crippen LogP) is 1.80. The van der Waals surface area contributed by atoms with Crippen LogP contribution in [0, 0.1) is 5.92 Å². The van der Waals surface area contributed by atoms with Crippen molar-refractivity contribution in [3.8, 4) is 0 Å². The minimum absolute atomic E-state index is 0.401. The Labute approximate surface area is 73.9 Å². The quantitative estimate of drug-likeness (QED) is 0.583. The van der Waals surface area contributed by atoms with Crippen LogP contribution < -0.4 is 0 Å². The number of hydrogen-bond donors (Lipinski definition) is 0. The van der Waals surface area contributed by atoms with E-state index in [0.717, 1.165) is 18.9 Å². The summed E-state index contributed by atoms with van der Waals surface area (Å²) in [5.74, 6) is 1.12. The van der Waals surface area contributed by atoms with E-state index in [-0.39, 0.29) is 0 Å². The minimum Gasteiger partial charge on any atom is -0.340 e. The van der Waals surface area contributed by atoms with E-state index in [0.29, 0.717) is 11.9 Å². The summed E-state index contributed by atoms with van der Waals surface area (Å²) in [7, 11) is 0. The molecular formula is C10H17NO. The molecule has 68 valence electrons. The fourth-order valence-corrected chi connectivity index (χ4v) is 2.73. The number of carbonyl (C=O) groups excluding carboxylic acids is 1. The fourth-order valence-electron chi connectivity index (χ4n) is 2.73. The van der Waals surface area contributed by atoms with Gasteiger partial charge in [0.05, 0.1) is 0 Å². The van der Waals surface area contributed by atoms with E-state index in [1.165, 1.54) is 25.7 Å². The van der Waals surface area contributed by atoms with Crippen molar-refractivity contribution >= 4 is 5.91 Å². The molecule has 2 unspecified atom stereocenters. The molecule has 1 amide bonds. The van der Waals surface area contributed by atoms with Gasteiger partial charge >= 0.3 is 0 Å². The maximum Gasteiger partial charge on any atom is 0.223 e. The second kappa shape index (κ2) is 3.08. The van der Waals surface area contributed by atoms with Crippen molar-refractivity contribution < 1.29 is 4.79 Å². The van der Waals surface area contributed by atoms with Crippen molar-refractivity contribution in [2.24, 2.45) is 5.92 Å². The Hall–Kier alpha value is -0.530. The Morgan fingerprint density at radius 2 is 2.33 bits per heavy atom. The molecule has 2 heteroatoms. The summed E-state index contributed by atoms with van der Waals surface area (Å²) in [6, 6.07) is 0.593. The van der Waals surface area contributed by atoms with Crippen molar-refractivity contribution in [3.63, 3.8) is 0 Å². The molecule has 2 atom stereocenters. The maximum atomic E-state index is 11.6. The SMILES string of the molecule is CCN1C(=O)CC2CCCC1C2. The molecule has 0 spiro atoms. The van der Waals surface area contributed by atoms with Crippen LogP contribution in [0.2, 0.25) is 0 Å². The van der Waals surface area contributed by atoms with Gasteiger partial charge in [-0.25, -0.2) is 0 Å². The van der Waals surface area contributed by atoms with Crippen LogP contribution in [-0.2, 0) is 4.79 Å². The van der Waals surface area contributed by atoms with Crippen LogP contribution in [-0.4, -0.2) is 23.4 Å². The second-order valence-electron chi connectivity index (χ2n) is 4.07. The first kappa shape index (κ1) is 8.09. The zero-order chi connectivity index (χ0) is 8.55. The molecule has 2 fully saturated rings. The number of hydrogen-bond acceptors (Lipinski definition) is 1. The standard InChI is InChI=1S/C10H17NO/c1-2-11-9-5-3-4-8(6-9)7-10(11)12/h8-9H,2-7H2,1H3. The summed E-state index contributed by atoms with van der Waals surface area (Å²) >= 11 is 0. The van der Waals surface area contributed by atoms with Crippen LogP contribution in [0.25, 0.3) is 0 Å². The monoisotopic (exact) mass is 167 g/mol. The summed E-state index contributed by atoms with van der Waals surface area (Å²) < 4.78 is 0. The molecule has 1 aliphatic carbocycles. The van der Waals surface area contributed by atoms with E-state index in [1.807, 2.05) is 0 Å². The summed E-state index contributed by atoms with van der Waals surface area (Å²) in [5, 5.41) is 0. The van der Waals surface area contributed by atoms with E-state index >= 15 is 0 Å². The number of amides is 1. The molecule has 0 aromatic carbocycles. The molecule has 2 bridgehead atoms. The normalized spacial score (nSPS) is 35.4. The Balaban J connectivity index is 2.10. The Morgan fingerprint density at radius 3 is 3.08 bits per heavy atom. The third-order valence-electron chi connectivity index (χ3n) is 3.32. The molecule has 12 heavy (non-hydrogen) atoms. The number of fused-ring (bicyclic) bond motifs is 2. The van der Waals surface area contributed by atoms with Gasteiger partial charge in [-0.05, 0) is 32.1 Å². The topological polar surface area (TPSA) is 20.3 Å². The van der Waals surface area contributed by atoms with Crippen LogP contribution >= 0.6 is 0 Å². The number of piperidine rings is 1. The predicted molar refractivity (Wildman–Crippen MR) is 47.8 cm³/mol. The molecular weight excluding hydrogens is 150 g/mol. The third-order valence-corrected chi connectivity index (χ3v) is 3.32. The molecule has 1 heterocycles. The largest absolute Gasteiger partial charge is 0.340 e. The van der Waals surface area contributed by atoms with E-state index in [1.54, 1.807) is 0 Å². The first-order valence-corrected chi connectivity index (χ1v) is 5.10. The van der Waals surface area contributed by atoms with Gasteiger partial charge in [0.25, 0.3) is 0 Å². The smallest absolute Gasteiger partial charge is 0.223 e. The molecule has 1 saturated heterocycles. The molecule has 0 N–H and O–H groups in total. The molecule has 1 aliphatic heterocycles. The molecule has 2 aliphatic rings. The number of rotatable bonds is 1. The highest BCUT2D eigenvalue weighted by atomic mass is 16.2. The van der Waals surface area contributed by atoms with E-state index in [2.05, 4.69) is 11.8 Å². The Kier molecular flexibility index (Phi) is 2.07. The summed E-state index contributed by atoms with van der Waals surface area (Å²) in [6.45, 7) is 3.00. The van der Waals surface area contributed by atoms with Crippen LogP contribution in [0.15, 0.2) is 0 Å². The zero-order valence-corrected chi connectivity index (χ0v) is 7.75. The summed E-state index contributed by atoms with van der Waals surface area (Å²) in [5.41, 5.74) is 0. The van der Waals surface area contributed by atoms with Crippen LogP contribution in [0.3, 0.4) is 0 Å². The molecule has 0 aromatic heterocycles. The van der Waals surface area contributed by atoms with Crippen molar-refractivity contribution in [1.82, 2.24) is 4.90 Å². The summed E-state index contributed by atoms with van der Waals surface area (Å²) in [4.78, 5) is 13.6. The average molecular weight is 167 g/mol. The highest BCUT2D eigenvalue weighted by Gasteiger charge is 2.35. The van der Waals surface area contributed by atoms with E-state index in [4.69, 9.17) is 0 Å². The lowest BCUT2D eigenvalue weighted by Crippen LogP contribution is -2.48. The molecule has 0 aromatic rings. The van der Waals surface area contributed by atoms with Gasteiger partial charge in [-0.2, -0.15) is 0 Å². The summed E-state index contributed by atoms with van der Waals surface area (Å²) in [6.07, 6.45) is 5.97. The first-order valence-electron chi connectivity index (χ1n) is 5.10. The highest BCUT2D eigenvalue weighted by Crippen LogP contribution is 2.34. The van der Waals surface area contributed by atoms with Crippen molar-refractivity contribution in [2.75, 3.05) is 6.54 Å². The lowest BCUT2D eigenvalue weighted by Gasteiger charge is -2.42. The molecule has 2 nitrogen and oxygen atoms in total. The van der Waals surface area contributed by atoms with Gasteiger partial charge in [-0.15, -0.1) is 0 Å². The lowest BCUT2D eigenvalue weighted by atomic mass is 9.79. The van der Waals surface area contributed by atoms with Gasteiger partial charge in [0, 0.05) is 19.0 Å². The minimum atomic E-state index is 0.401. The lowest BCUT2D eigenvalue weighted by molar-refractivity contribution is -0.139. The molecule has 1 saturated carbocycles. The maximum absolute atomic E-state index is 11.6. The van der Waals surface area contributed by atoms with E-state index in [9.17, 15) is 4.79 Å². The van der Waals surface area contributed by atoms with Gasteiger partial charge in [-0.3, -0.25) is 4.79 Å². The fraction of sp³-hybridized carbons (Fsp3) is 0.900. The number of nitrogens with zero attached hydrogens (tertiary/aromatic N) is 1. The van der Waals surface area contributed by atoms with Crippen LogP contribution in [0.4, 0.5) is 0 Å². The Morgan fingerprint density at radius 1 is 1.50 bits per heavy atom. The van der Waals surface area contributed by atoms with Crippen LogP contribution in [0.5, 0.6) is 0 Å². The van der Waals surface area contributed by atoms with Gasteiger partial charge in [0.2, 0.25) is 5.91 Å². The van der Waals surface area contributed by atoms with Crippen molar-refractivity contribution in [1.29, 1.82) is 0 Å². The second-order valence-corrected chi connectivity index (χ2v) is 4.07. The van der Waals surface area contributed by atoms with Crippen molar-refractivity contribution in [2.45, 2.75) is 45.1 Å². The molecule has 0 radical (unpaired) electrons.